The van der Waals surface area contributed by atoms with Crippen LogP contribution in [-0.4, -0.2) is 51.1 Å². The Kier molecular flexibility index (Phi) is 3.71. The van der Waals surface area contributed by atoms with Gasteiger partial charge < -0.3 is 19.1 Å². The number of benzene rings is 1. The van der Waals surface area contributed by atoms with Gasteiger partial charge in [-0.1, -0.05) is 30.3 Å². The molecule has 3 aliphatic rings. The predicted molar refractivity (Wildman–Crippen MR) is 100 cm³/mol. The molecule has 144 valence electrons. The van der Waals surface area contributed by atoms with Crippen LogP contribution in [0.15, 0.2) is 53.5 Å². The van der Waals surface area contributed by atoms with Crippen molar-refractivity contribution in [3.05, 3.63) is 70.1 Å². The molecule has 7 nitrogen and oxygen atoms in total. The van der Waals surface area contributed by atoms with Gasteiger partial charge in [0.2, 0.25) is 11.5 Å². The van der Waals surface area contributed by atoms with Gasteiger partial charge in [-0.3, -0.25) is 14.4 Å². The summed E-state index contributed by atoms with van der Waals surface area (Å²) < 4.78 is 7.63. The number of aryl methyl sites for hydroxylation is 1. The fourth-order valence-electron chi connectivity index (χ4n) is 4.90. The second-order valence-electron chi connectivity index (χ2n) is 7.68. The van der Waals surface area contributed by atoms with Crippen molar-refractivity contribution in [2.45, 2.75) is 30.7 Å². The zero-order valence-corrected chi connectivity index (χ0v) is 15.6. The summed E-state index contributed by atoms with van der Waals surface area (Å²) in [6.07, 6.45) is 2.41. The maximum absolute atomic E-state index is 13.1. The summed E-state index contributed by atoms with van der Waals surface area (Å²) in [6, 6.07) is 12.4. The summed E-state index contributed by atoms with van der Waals surface area (Å²) in [4.78, 5) is 41.3. The van der Waals surface area contributed by atoms with E-state index in [0.717, 1.165) is 5.56 Å². The number of amides is 2. The van der Waals surface area contributed by atoms with Gasteiger partial charge in [0, 0.05) is 32.3 Å². The molecule has 0 radical (unpaired) electrons. The quantitative estimate of drug-likeness (QED) is 0.789. The topological polar surface area (TPSA) is 71.8 Å². The predicted octanol–water partition coefficient (Wildman–Crippen LogP) is 1.30. The normalized spacial score (nSPS) is 28.5. The van der Waals surface area contributed by atoms with E-state index in [0.29, 0.717) is 25.1 Å². The van der Waals surface area contributed by atoms with Gasteiger partial charge >= 0.3 is 0 Å². The minimum Gasteiger partial charge on any atom is -0.351 e. The first-order valence-electron chi connectivity index (χ1n) is 9.50. The van der Waals surface area contributed by atoms with E-state index in [9.17, 15) is 14.4 Å². The van der Waals surface area contributed by atoms with Crippen LogP contribution in [0.1, 0.15) is 34.8 Å². The Morgan fingerprint density at radius 1 is 1.14 bits per heavy atom. The van der Waals surface area contributed by atoms with E-state index in [4.69, 9.17) is 4.74 Å². The Labute approximate surface area is 162 Å². The summed E-state index contributed by atoms with van der Waals surface area (Å²) in [6.45, 7) is 0.964. The van der Waals surface area contributed by atoms with Gasteiger partial charge in [0.05, 0.1) is 30.7 Å². The highest BCUT2D eigenvalue weighted by Crippen LogP contribution is 2.51. The van der Waals surface area contributed by atoms with E-state index in [1.54, 1.807) is 24.2 Å². The SMILES string of the molecule is Cn1cc(C(=O)N2CC[C@@]34OC[C@@H](c5ccccc5)N3C(=O)C[C@@H]24)ccc1=O. The molecule has 1 spiro atoms. The molecule has 0 N–H and O–H groups in total. The molecule has 0 unspecified atom stereocenters. The van der Waals surface area contributed by atoms with Crippen LogP contribution in [0, 0.1) is 0 Å². The van der Waals surface area contributed by atoms with Crippen molar-refractivity contribution in [3.63, 3.8) is 0 Å². The molecule has 0 saturated carbocycles. The molecule has 0 bridgehead atoms. The molecule has 1 aromatic carbocycles. The van der Waals surface area contributed by atoms with E-state index in [2.05, 4.69) is 0 Å². The Hall–Kier alpha value is -2.93. The molecule has 1 aromatic heterocycles. The highest BCUT2D eigenvalue weighted by atomic mass is 16.5. The molecule has 4 heterocycles. The number of pyridine rings is 1. The van der Waals surface area contributed by atoms with Crippen molar-refractivity contribution in [2.24, 2.45) is 7.05 Å². The van der Waals surface area contributed by atoms with Crippen LogP contribution in [0.5, 0.6) is 0 Å². The van der Waals surface area contributed by atoms with Gasteiger partial charge in [-0.2, -0.15) is 0 Å². The summed E-state index contributed by atoms with van der Waals surface area (Å²) in [5.74, 6) is -0.145. The monoisotopic (exact) mass is 379 g/mol. The van der Waals surface area contributed by atoms with E-state index < -0.39 is 5.72 Å². The molecule has 28 heavy (non-hydrogen) atoms. The van der Waals surface area contributed by atoms with Crippen molar-refractivity contribution in [3.8, 4) is 0 Å². The number of hydrogen-bond donors (Lipinski definition) is 0. The summed E-state index contributed by atoms with van der Waals surface area (Å²) >= 11 is 0. The van der Waals surface area contributed by atoms with E-state index in [1.807, 2.05) is 35.2 Å². The van der Waals surface area contributed by atoms with Gasteiger partial charge in [-0.15, -0.1) is 0 Å². The average molecular weight is 379 g/mol. The van der Waals surface area contributed by atoms with E-state index >= 15 is 0 Å². The first-order chi connectivity index (χ1) is 13.5. The van der Waals surface area contributed by atoms with Crippen molar-refractivity contribution in [1.82, 2.24) is 14.4 Å². The second-order valence-corrected chi connectivity index (χ2v) is 7.68. The molecular formula is C21H21N3O4. The van der Waals surface area contributed by atoms with Gasteiger partial charge in [-0.05, 0) is 11.6 Å². The number of hydrogen-bond acceptors (Lipinski definition) is 4. The van der Waals surface area contributed by atoms with Crippen molar-refractivity contribution >= 4 is 11.8 Å². The third kappa shape index (κ3) is 2.29. The molecule has 2 amide bonds. The highest BCUT2D eigenvalue weighted by Gasteiger charge is 2.65. The van der Waals surface area contributed by atoms with E-state index in [-0.39, 0.29) is 35.9 Å². The highest BCUT2D eigenvalue weighted by molar-refractivity contribution is 5.95. The average Bonchev–Trinajstić information content (AvgIpc) is 3.33. The van der Waals surface area contributed by atoms with Crippen LogP contribution >= 0.6 is 0 Å². The molecule has 3 saturated heterocycles. The van der Waals surface area contributed by atoms with Crippen molar-refractivity contribution in [1.29, 1.82) is 0 Å². The molecule has 0 aliphatic carbocycles. The molecular weight excluding hydrogens is 358 g/mol. The summed E-state index contributed by atoms with van der Waals surface area (Å²) in [5, 5.41) is 0. The lowest BCUT2D eigenvalue weighted by Crippen LogP contribution is -2.49. The van der Waals surface area contributed by atoms with Gasteiger partial charge in [0.1, 0.15) is 0 Å². The Morgan fingerprint density at radius 2 is 1.93 bits per heavy atom. The fraction of sp³-hybridized carbons (Fsp3) is 0.381. The van der Waals surface area contributed by atoms with Gasteiger partial charge in [0.15, 0.2) is 5.72 Å². The third-order valence-electron chi connectivity index (χ3n) is 6.23. The minimum absolute atomic E-state index is 0.0225. The molecule has 7 heteroatoms. The number of carbonyl (C=O) groups is 2. The number of carbonyl (C=O) groups excluding carboxylic acids is 2. The lowest BCUT2D eigenvalue weighted by atomic mass is 10.0. The molecule has 3 atom stereocenters. The van der Waals surface area contributed by atoms with Gasteiger partial charge in [0.25, 0.3) is 5.91 Å². The lowest BCUT2D eigenvalue weighted by molar-refractivity contribution is -0.138. The molecule has 3 fully saturated rings. The Bertz CT molecular complexity index is 1020. The zero-order valence-electron chi connectivity index (χ0n) is 15.6. The van der Waals surface area contributed by atoms with Crippen molar-refractivity contribution in [2.75, 3.05) is 13.2 Å². The summed E-state index contributed by atoms with van der Waals surface area (Å²) in [7, 11) is 1.62. The zero-order chi connectivity index (χ0) is 19.5. The van der Waals surface area contributed by atoms with Crippen LogP contribution < -0.4 is 5.56 Å². The molecule has 5 rings (SSSR count). The minimum atomic E-state index is -0.742. The number of likely N-dealkylation sites (tertiary alicyclic amines) is 1. The van der Waals surface area contributed by atoms with Crippen LogP contribution in [0.4, 0.5) is 0 Å². The fourth-order valence-corrected chi connectivity index (χ4v) is 4.90. The largest absolute Gasteiger partial charge is 0.351 e. The standard InChI is InChI=1S/C21H21N3O4/c1-22-12-15(7-8-18(22)25)20(27)23-10-9-21-17(23)11-19(26)24(21)16(13-28-21)14-5-3-2-4-6-14/h2-8,12,16-17H,9-11,13H2,1H3/t16-,17+,21-/m0/s1. The smallest absolute Gasteiger partial charge is 0.255 e. The van der Waals surface area contributed by atoms with Crippen molar-refractivity contribution < 1.29 is 14.3 Å². The van der Waals surface area contributed by atoms with Crippen LogP contribution in [-0.2, 0) is 16.6 Å². The van der Waals surface area contributed by atoms with Crippen LogP contribution in [0.3, 0.4) is 0 Å². The maximum atomic E-state index is 13.1. The first kappa shape index (κ1) is 17.2. The number of rotatable bonds is 2. The van der Waals surface area contributed by atoms with Crippen LogP contribution in [0.25, 0.3) is 0 Å². The van der Waals surface area contributed by atoms with E-state index in [1.165, 1.54) is 10.6 Å². The Morgan fingerprint density at radius 3 is 2.68 bits per heavy atom. The molecule has 2 aromatic rings. The van der Waals surface area contributed by atoms with Gasteiger partial charge in [-0.25, -0.2) is 0 Å². The number of nitrogens with zero attached hydrogens (tertiary/aromatic N) is 3. The Balaban J connectivity index is 1.46. The third-order valence-corrected chi connectivity index (χ3v) is 6.23. The lowest BCUT2D eigenvalue weighted by Gasteiger charge is -2.33. The second kappa shape index (κ2) is 6.04. The van der Waals surface area contributed by atoms with Crippen LogP contribution in [0.2, 0.25) is 0 Å². The number of aromatic nitrogens is 1. The molecule has 3 aliphatic heterocycles. The first-order valence-corrected chi connectivity index (χ1v) is 9.50. The number of ether oxygens (including phenoxy) is 1. The maximum Gasteiger partial charge on any atom is 0.255 e. The summed E-state index contributed by atoms with van der Waals surface area (Å²) in [5.41, 5.74) is 0.592.